The number of Topliss-reactive ketones (excluding diaryl/α,β-unsaturated/α-hetero) is 1. The van der Waals surface area contributed by atoms with Crippen molar-refractivity contribution in [2.24, 2.45) is 5.92 Å². The highest BCUT2D eigenvalue weighted by molar-refractivity contribution is 7.89. The van der Waals surface area contributed by atoms with Crippen LogP contribution in [0, 0.1) is 5.92 Å². The number of hydrogen-bond donors (Lipinski definition) is 0. The average Bonchev–Trinajstić information content (AvgIpc) is 3.39. The van der Waals surface area contributed by atoms with Gasteiger partial charge in [0.2, 0.25) is 15.9 Å². The van der Waals surface area contributed by atoms with Gasteiger partial charge in [-0.2, -0.15) is 4.31 Å². The average molecular weight is 336 g/mol. The minimum absolute atomic E-state index is 0.132. The second-order valence-electron chi connectivity index (χ2n) is 6.09. The Balaban J connectivity index is 1.72. The van der Waals surface area contributed by atoms with Gasteiger partial charge in [-0.1, -0.05) is 12.1 Å². The lowest BCUT2D eigenvalue weighted by atomic mass is 10.2. The van der Waals surface area contributed by atoms with E-state index in [1.807, 2.05) is 0 Å². The first kappa shape index (κ1) is 16.1. The predicted molar refractivity (Wildman–Crippen MR) is 84.5 cm³/mol. The highest BCUT2D eigenvalue weighted by Gasteiger charge is 2.36. The molecule has 2 aliphatic rings. The third kappa shape index (κ3) is 3.30. The number of ketones is 1. The molecule has 7 heteroatoms. The van der Waals surface area contributed by atoms with E-state index in [0.717, 1.165) is 12.8 Å². The van der Waals surface area contributed by atoms with Crippen molar-refractivity contribution >= 4 is 21.7 Å². The first-order chi connectivity index (χ1) is 10.9. The topological polar surface area (TPSA) is 74.8 Å². The lowest BCUT2D eigenvalue weighted by Gasteiger charge is -2.34. The van der Waals surface area contributed by atoms with Gasteiger partial charge in [-0.15, -0.1) is 0 Å². The van der Waals surface area contributed by atoms with Crippen molar-refractivity contribution in [3.63, 3.8) is 0 Å². The molecule has 0 aromatic heterocycles. The zero-order valence-corrected chi connectivity index (χ0v) is 13.9. The quantitative estimate of drug-likeness (QED) is 0.773. The van der Waals surface area contributed by atoms with Crippen molar-refractivity contribution in [3.05, 3.63) is 29.8 Å². The van der Waals surface area contributed by atoms with Crippen molar-refractivity contribution < 1.29 is 18.0 Å². The summed E-state index contributed by atoms with van der Waals surface area (Å²) in [5, 5.41) is 0. The zero-order valence-electron chi connectivity index (χ0n) is 13.1. The molecule has 0 atom stereocenters. The van der Waals surface area contributed by atoms with E-state index in [0.29, 0.717) is 31.7 Å². The van der Waals surface area contributed by atoms with Crippen LogP contribution < -0.4 is 0 Å². The maximum Gasteiger partial charge on any atom is 0.243 e. The summed E-state index contributed by atoms with van der Waals surface area (Å²) in [4.78, 5) is 25.4. The van der Waals surface area contributed by atoms with E-state index in [9.17, 15) is 18.0 Å². The van der Waals surface area contributed by atoms with Crippen LogP contribution in [0.2, 0.25) is 0 Å². The Morgan fingerprint density at radius 2 is 1.74 bits per heavy atom. The van der Waals surface area contributed by atoms with Crippen LogP contribution >= 0.6 is 0 Å². The van der Waals surface area contributed by atoms with Crippen molar-refractivity contribution in [2.75, 3.05) is 26.2 Å². The summed E-state index contributed by atoms with van der Waals surface area (Å²) < 4.78 is 26.8. The maximum atomic E-state index is 12.7. The summed E-state index contributed by atoms with van der Waals surface area (Å²) in [5.74, 6) is 0.146. The third-order valence-electron chi connectivity index (χ3n) is 4.36. The first-order valence-electron chi connectivity index (χ1n) is 7.79. The molecule has 0 bridgehead atoms. The van der Waals surface area contributed by atoms with Gasteiger partial charge >= 0.3 is 0 Å². The molecule has 3 rings (SSSR count). The van der Waals surface area contributed by atoms with E-state index in [2.05, 4.69) is 0 Å². The van der Waals surface area contributed by atoms with Gasteiger partial charge in [-0.05, 0) is 31.9 Å². The Morgan fingerprint density at radius 3 is 2.30 bits per heavy atom. The largest absolute Gasteiger partial charge is 0.340 e. The van der Waals surface area contributed by atoms with Gasteiger partial charge < -0.3 is 4.90 Å². The molecule has 1 aromatic rings. The van der Waals surface area contributed by atoms with Crippen LogP contribution in [-0.2, 0) is 14.8 Å². The molecule has 1 aromatic carbocycles. The molecule has 124 valence electrons. The number of benzene rings is 1. The molecule has 0 spiro atoms. The second kappa shape index (κ2) is 6.05. The van der Waals surface area contributed by atoms with Gasteiger partial charge in [0.1, 0.15) is 0 Å². The smallest absolute Gasteiger partial charge is 0.243 e. The molecule has 1 heterocycles. The van der Waals surface area contributed by atoms with E-state index < -0.39 is 10.0 Å². The Labute approximate surface area is 136 Å². The minimum atomic E-state index is -3.63. The van der Waals surface area contributed by atoms with Gasteiger partial charge in [0, 0.05) is 37.7 Å². The molecule has 23 heavy (non-hydrogen) atoms. The van der Waals surface area contributed by atoms with Crippen molar-refractivity contribution in [1.82, 2.24) is 9.21 Å². The Morgan fingerprint density at radius 1 is 1.09 bits per heavy atom. The van der Waals surface area contributed by atoms with Crippen LogP contribution in [0.15, 0.2) is 29.2 Å². The molecule has 2 fully saturated rings. The fraction of sp³-hybridized carbons (Fsp3) is 0.500. The molecule has 1 saturated carbocycles. The molecule has 0 N–H and O–H groups in total. The summed E-state index contributed by atoms with van der Waals surface area (Å²) in [6.45, 7) is 2.87. The molecule has 0 radical (unpaired) electrons. The molecular formula is C16H20N2O4S. The van der Waals surface area contributed by atoms with Gasteiger partial charge in [-0.3, -0.25) is 9.59 Å². The maximum absolute atomic E-state index is 12.7. The standard InChI is InChI=1S/C16H20N2O4S/c1-12(19)14-3-2-4-15(11-14)23(21,22)18-9-7-17(8-10-18)16(20)13-5-6-13/h2-4,11,13H,5-10H2,1H3. The molecule has 0 unspecified atom stereocenters. The molecule has 1 aliphatic carbocycles. The number of carbonyl (C=O) groups is 2. The predicted octanol–water partition coefficient (Wildman–Crippen LogP) is 1.13. The van der Waals surface area contributed by atoms with E-state index in [1.54, 1.807) is 17.0 Å². The van der Waals surface area contributed by atoms with Gasteiger partial charge in [-0.25, -0.2) is 8.42 Å². The summed E-state index contributed by atoms with van der Waals surface area (Å²) in [7, 11) is -3.63. The molecule has 1 aliphatic heterocycles. The Kier molecular flexibility index (Phi) is 4.25. The van der Waals surface area contributed by atoms with Crippen LogP contribution in [0.4, 0.5) is 0 Å². The number of nitrogens with zero attached hydrogens (tertiary/aromatic N) is 2. The molecule has 1 saturated heterocycles. The van der Waals surface area contributed by atoms with Crippen molar-refractivity contribution in [3.8, 4) is 0 Å². The highest BCUT2D eigenvalue weighted by Crippen LogP contribution is 2.31. The van der Waals surface area contributed by atoms with Gasteiger partial charge in [0.05, 0.1) is 4.90 Å². The minimum Gasteiger partial charge on any atom is -0.340 e. The number of carbonyl (C=O) groups excluding carboxylic acids is 2. The Hall–Kier alpha value is -1.73. The Bertz CT molecular complexity index is 732. The zero-order chi connectivity index (χ0) is 16.6. The summed E-state index contributed by atoms with van der Waals surface area (Å²) in [5.41, 5.74) is 0.383. The van der Waals surface area contributed by atoms with Crippen LogP contribution in [0.1, 0.15) is 30.1 Å². The number of rotatable bonds is 4. The molecular weight excluding hydrogens is 316 g/mol. The third-order valence-corrected chi connectivity index (χ3v) is 6.25. The lowest BCUT2D eigenvalue weighted by Crippen LogP contribution is -2.50. The second-order valence-corrected chi connectivity index (χ2v) is 8.03. The molecule has 6 nitrogen and oxygen atoms in total. The van der Waals surface area contributed by atoms with Crippen molar-refractivity contribution in [1.29, 1.82) is 0 Å². The van der Waals surface area contributed by atoms with Gasteiger partial charge in [0.25, 0.3) is 0 Å². The fourth-order valence-electron chi connectivity index (χ4n) is 2.76. The normalized spacial score (nSPS) is 19.6. The van der Waals surface area contributed by atoms with Crippen LogP contribution in [0.25, 0.3) is 0 Å². The van der Waals surface area contributed by atoms with Crippen molar-refractivity contribution in [2.45, 2.75) is 24.7 Å². The number of sulfonamides is 1. The SMILES string of the molecule is CC(=O)c1cccc(S(=O)(=O)N2CCN(C(=O)C3CC3)CC2)c1. The number of piperazine rings is 1. The highest BCUT2D eigenvalue weighted by atomic mass is 32.2. The number of hydrogen-bond acceptors (Lipinski definition) is 4. The summed E-state index contributed by atoms with van der Waals surface area (Å²) in [6.07, 6.45) is 1.91. The molecule has 1 amide bonds. The van der Waals surface area contributed by atoms with E-state index in [4.69, 9.17) is 0 Å². The first-order valence-corrected chi connectivity index (χ1v) is 9.23. The lowest BCUT2D eigenvalue weighted by molar-refractivity contribution is -0.133. The number of amides is 1. The van der Waals surface area contributed by atoms with Crippen LogP contribution in [0.3, 0.4) is 0 Å². The van der Waals surface area contributed by atoms with Gasteiger partial charge in [0.15, 0.2) is 5.78 Å². The van der Waals surface area contributed by atoms with Crippen LogP contribution in [0.5, 0.6) is 0 Å². The van der Waals surface area contributed by atoms with E-state index in [1.165, 1.54) is 23.4 Å². The monoisotopic (exact) mass is 336 g/mol. The van der Waals surface area contributed by atoms with Crippen LogP contribution in [-0.4, -0.2) is 55.5 Å². The summed E-state index contributed by atoms with van der Waals surface area (Å²) in [6, 6.07) is 6.10. The van der Waals surface area contributed by atoms with E-state index >= 15 is 0 Å². The summed E-state index contributed by atoms with van der Waals surface area (Å²) >= 11 is 0. The fourth-order valence-corrected chi connectivity index (χ4v) is 4.23. The van der Waals surface area contributed by atoms with E-state index in [-0.39, 0.29) is 22.5 Å².